The highest BCUT2D eigenvalue weighted by molar-refractivity contribution is 5.94. The molecule has 0 spiro atoms. The highest BCUT2D eigenvalue weighted by Gasteiger charge is 2.22. The van der Waals surface area contributed by atoms with Gasteiger partial charge in [0.1, 0.15) is 24.1 Å². The number of hydrogen-bond donors (Lipinski definition) is 1. The number of carbonyl (C=O) groups is 1. The van der Waals surface area contributed by atoms with Gasteiger partial charge >= 0.3 is 0 Å². The van der Waals surface area contributed by atoms with E-state index in [1.54, 1.807) is 30.6 Å². The summed E-state index contributed by atoms with van der Waals surface area (Å²) in [6, 6.07) is 10.3. The summed E-state index contributed by atoms with van der Waals surface area (Å²) in [5, 5.41) is 3.44. The average Bonchev–Trinajstić information content (AvgIpc) is 3.26. The Balaban J connectivity index is 1.14. The molecule has 2 fully saturated rings. The third-order valence-electron chi connectivity index (χ3n) is 8.16. The minimum atomic E-state index is -0.861. The maximum atomic E-state index is 15.3. The molecule has 0 radical (unpaired) electrons. The van der Waals surface area contributed by atoms with Gasteiger partial charge in [0.05, 0.1) is 29.8 Å². The number of halogens is 2. The van der Waals surface area contributed by atoms with Crippen LogP contribution < -0.4 is 20.3 Å². The van der Waals surface area contributed by atoms with Gasteiger partial charge in [-0.15, -0.1) is 0 Å². The number of nitrogens with zero attached hydrogens (tertiary/aromatic N) is 4. The van der Waals surface area contributed by atoms with Gasteiger partial charge in [-0.3, -0.25) is 24.0 Å². The van der Waals surface area contributed by atoms with E-state index in [2.05, 4.69) is 20.2 Å². The summed E-state index contributed by atoms with van der Waals surface area (Å²) < 4.78 is 47.4. The van der Waals surface area contributed by atoms with Crippen molar-refractivity contribution in [3.8, 4) is 23.1 Å². The van der Waals surface area contributed by atoms with Crippen LogP contribution in [-0.4, -0.2) is 77.0 Å². The first-order valence-electron chi connectivity index (χ1n) is 15.3. The first-order chi connectivity index (χ1) is 21.9. The molecule has 4 aromatic rings. The minimum absolute atomic E-state index is 0.0569. The monoisotopic (exact) mass is 619 g/mol. The van der Waals surface area contributed by atoms with Gasteiger partial charge in [0.15, 0.2) is 11.6 Å². The highest BCUT2D eigenvalue weighted by Crippen LogP contribution is 2.32. The Morgan fingerprint density at radius 1 is 1.04 bits per heavy atom. The molecule has 3 aromatic heterocycles. The fraction of sp³-hybridized carbons (Fsp3) is 0.394. The molecule has 1 aliphatic carbocycles. The van der Waals surface area contributed by atoms with Crippen LogP contribution in [-0.2, 0) is 4.74 Å². The molecule has 45 heavy (non-hydrogen) atoms. The lowest BCUT2D eigenvalue weighted by Gasteiger charge is -2.26. The van der Waals surface area contributed by atoms with Gasteiger partial charge in [-0.2, -0.15) is 0 Å². The maximum absolute atomic E-state index is 15.3. The van der Waals surface area contributed by atoms with Crippen molar-refractivity contribution in [2.45, 2.75) is 44.3 Å². The van der Waals surface area contributed by atoms with E-state index >= 15 is 4.39 Å². The first-order valence-corrected chi connectivity index (χ1v) is 15.3. The van der Waals surface area contributed by atoms with Crippen molar-refractivity contribution in [1.82, 2.24) is 24.8 Å². The lowest BCUT2D eigenvalue weighted by molar-refractivity contribution is 0.0320. The standard InChI is InChI=1S/C33H35F2N5O5/c34-22-3-1-4-23(7-6-22)38-32(41)25-5-2-12-40(33(25)42)24-8-9-30(27(35)19-24)45-29-10-11-36-28-20-31(37-21-26(28)29)44-18-15-39-13-16-43-17-14-39/h2,5,8-12,19-23H,1,3-4,6-7,13-18H2,(H,38,41). The normalized spacial score (nSPS) is 19.2. The molecule has 6 rings (SSSR count). The quantitative estimate of drug-likeness (QED) is 0.266. The lowest BCUT2D eigenvalue weighted by atomic mass is 10.1. The number of pyridine rings is 3. The zero-order valence-electron chi connectivity index (χ0n) is 24.8. The van der Waals surface area contributed by atoms with Crippen molar-refractivity contribution in [3.63, 3.8) is 0 Å². The van der Waals surface area contributed by atoms with Gasteiger partial charge in [0, 0.05) is 56.4 Å². The molecule has 1 N–H and O–H groups in total. The van der Waals surface area contributed by atoms with E-state index in [0.717, 1.165) is 32.8 Å². The SMILES string of the molecule is O=C(NC1CCCC(F)CC1)c1cccn(-c2ccc(Oc3ccnc4cc(OCCN5CCOCC5)ncc34)c(F)c2)c1=O. The van der Waals surface area contributed by atoms with Crippen LogP contribution >= 0.6 is 0 Å². The summed E-state index contributed by atoms with van der Waals surface area (Å²) in [6.07, 6.45) is 6.47. The number of fused-ring (bicyclic) bond motifs is 1. The van der Waals surface area contributed by atoms with E-state index in [-0.39, 0.29) is 23.0 Å². The van der Waals surface area contributed by atoms with Gasteiger partial charge in [0.25, 0.3) is 11.5 Å². The Labute approximate surface area is 258 Å². The van der Waals surface area contributed by atoms with Crippen LogP contribution in [0, 0.1) is 5.82 Å². The summed E-state index contributed by atoms with van der Waals surface area (Å²) in [4.78, 5) is 37.2. The van der Waals surface area contributed by atoms with Crippen molar-refractivity contribution in [2.24, 2.45) is 0 Å². The molecule has 0 bridgehead atoms. The van der Waals surface area contributed by atoms with Gasteiger partial charge < -0.3 is 19.5 Å². The number of hydrogen-bond acceptors (Lipinski definition) is 8. The number of morpholine rings is 1. The molecule has 2 unspecified atom stereocenters. The third-order valence-corrected chi connectivity index (χ3v) is 8.16. The minimum Gasteiger partial charge on any atom is -0.476 e. The number of rotatable bonds is 9. The summed E-state index contributed by atoms with van der Waals surface area (Å²) in [5.74, 6) is -0.499. The predicted molar refractivity (Wildman–Crippen MR) is 164 cm³/mol. The Morgan fingerprint density at radius 3 is 2.76 bits per heavy atom. The number of carbonyl (C=O) groups excluding carboxylic acids is 1. The Morgan fingerprint density at radius 2 is 1.91 bits per heavy atom. The molecule has 2 aliphatic rings. The number of nitrogens with one attached hydrogen (secondary N) is 1. The summed E-state index contributed by atoms with van der Waals surface area (Å²) in [5.41, 5.74) is 0.152. The van der Waals surface area contributed by atoms with Gasteiger partial charge in [-0.1, -0.05) is 0 Å². The fourth-order valence-corrected chi connectivity index (χ4v) is 5.64. The van der Waals surface area contributed by atoms with Crippen molar-refractivity contribution in [1.29, 1.82) is 0 Å². The lowest BCUT2D eigenvalue weighted by Crippen LogP contribution is -2.38. The topological polar surface area (TPSA) is 108 Å². The molecule has 10 nitrogen and oxygen atoms in total. The molecule has 236 valence electrons. The Bertz CT molecular complexity index is 1710. The molecule has 1 saturated heterocycles. The molecule has 2 atom stereocenters. The van der Waals surface area contributed by atoms with Crippen molar-refractivity contribution < 1.29 is 27.8 Å². The van der Waals surface area contributed by atoms with Crippen LogP contribution in [0.15, 0.2) is 65.8 Å². The third kappa shape index (κ3) is 7.46. The summed E-state index contributed by atoms with van der Waals surface area (Å²) in [6.45, 7) is 4.43. The number of alkyl halides is 1. The van der Waals surface area contributed by atoms with E-state index < -0.39 is 23.5 Å². The van der Waals surface area contributed by atoms with Gasteiger partial charge in [0.2, 0.25) is 5.88 Å². The van der Waals surface area contributed by atoms with Crippen molar-refractivity contribution in [3.05, 3.63) is 82.8 Å². The van der Waals surface area contributed by atoms with Gasteiger partial charge in [-0.25, -0.2) is 13.8 Å². The van der Waals surface area contributed by atoms with Crippen LogP contribution in [0.3, 0.4) is 0 Å². The van der Waals surface area contributed by atoms with Gasteiger partial charge in [-0.05, 0) is 62.4 Å². The Hall–Kier alpha value is -4.42. The van der Waals surface area contributed by atoms with Crippen molar-refractivity contribution in [2.75, 3.05) is 39.5 Å². The molecule has 4 heterocycles. The number of benzene rings is 1. The maximum Gasteiger partial charge on any atom is 0.267 e. The van der Waals surface area contributed by atoms with Crippen LogP contribution in [0.1, 0.15) is 42.5 Å². The first kappa shape index (κ1) is 30.6. The van der Waals surface area contributed by atoms with Crippen LogP contribution in [0.2, 0.25) is 0 Å². The zero-order chi connectivity index (χ0) is 31.2. The molecule has 1 aliphatic heterocycles. The van der Waals surface area contributed by atoms with Crippen LogP contribution in [0.4, 0.5) is 8.78 Å². The zero-order valence-corrected chi connectivity index (χ0v) is 24.8. The smallest absolute Gasteiger partial charge is 0.267 e. The molecule has 1 aromatic carbocycles. The second-order valence-corrected chi connectivity index (χ2v) is 11.2. The number of amides is 1. The predicted octanol–water partition coefficient (Wildman–Crippen LogP) is 4.82. The second kappa shape index (κ2) is 14.1. The number of aromatic nitrogens is 3. The Kier molecular flexibility index (Phi) is 9.61. The van der Waals surface area contributed by atoms with Crippen LogP contribution in [0.25, 0.3) is 16.6 Å². The van der Waals surface area contributed by atoms with Crippen LogP contribution in [0.5, 0.6) is 17.4 Å². The molecular formula is C33H35F2N5O5. The summed E-state index contributed by atoms with van der Waals surface area (Å²) >= 11 is 0. The molecule has 1 amide bonds. The average molecular weight is 620 g/mol. The molecular weight excluding hydrogens is 584 g/mol. The molecule has 1 saturated carbocycles. The molecule has 12 heteroatoms. The second-order valence-electron chi connectivity index (χ2n) is 11.2. The van der Waals surface area contributed by atoms with E-state index in [0.29, 0.717) is 61.2 Å². The van der Waals surface area contributed by atoms with E-state index in [1.165, 1.54) is 35.0 Å². The van der Waals surface area contributed by atoms with Crippen molar-refractivity contribution >= 4 is 16.8 Å². The van der Waals surface area contributed by atoms with E-state index in [1.807, 2.05) is 0 Å². The number of ether oxygens (including phenoxy) is 3. The fourth-order valence-electron chi connectivity index (χ4n) is 5.64. The highest BCUT2D eigenvalue weighted by atomic mass is 19.1. The summed E-state index contributed by atoms with van der Waals surface area (Å²) in [7, 11) is 0. The largest absolute Gasteiger partial charge is 0.476 e. The van der Waals surface area contributed by atoms with E-state index in [9.17, 15) is 14.0 Å². The van der Waals surface area contributed by atoms with E-state index in [4.69, 9.17) is 14.2 Å².